The zero-order valence-electron chi connectivity index (χ0n) is 15.9. The Morgan fingerprint density at radius 2 is 1.77 bits per heavy atom. The molecule has 0 aliphatic heterocycles. The molecular weight excluding hydrogens is 434 g/mol. The predicted molar refractivity (Wildman–Crippen MR) is 124 cm³/mol. The van der Waals surface area contributed by atoms with Gasteiger partial charge in [0.15, 0.2) is 5.13 Å². The van der Waals surface area contributed by atoms with Crippen molar-refractivity contribution in [3.8, 4) is 11.3 Å². The van der Waals surface area contributed by atoms with Crippen LogP contribution in [0.5, 0.6) is 0 Å². The average molecular weight is 450 g/mol. The first-order valence-corrected chi connectivity index (χ1v) is 10.7. The molecule has 31 heavy (non-hydrogen) atoms. The molecule has 0 saturated carbocycles. The van der Waals surface area contributed by atoms with E-state index in [1.54, 1.807) is 36.7 Å². The highest BCUT2D eigenvalue weighted by molar-refractivity contribution is 7.16. The summed E-state index contributed by atoms with van der Waals surface area (Å²) >= 11 is 2.51. The fourth-order valence-corrected chi connectivity index (χ4v) is 4.08. The second kappa shape index (κ2) is 9.28. The highest BCUT2D eigenvalue weighted by Gasteiger charge is 2.08. The molecule has 4 aromatic rings. The van der Waals surface area contributed by atoms with Gasteiger partial charge in [-0.15, -0.1) is 11.3 Å². The van der Waals surface area contributed by atoms with Gasteiger partial charge < -0.3 is 10.6 Å². The summed E-state index contributed by atoms with van der Waals surface area (Å²) in [5.41, 5.74) is 3.35. The number of amides is 1. The number of thiazole rings is 1. The Balaban J connectivity index is 1.34. The van der Waals surface area contributed by atoms with Crippen molar-refractivity contribution in [1.29, 1.82) is 0 Å². The number of hydrogen-bond donors (Lipinski definition) is 2. The molecule has 1 aromatic carbocycles. The van der Waals surface area contributed by atoms with Crippen LogP contribution in [0.15, 0.2) is 72.4 Å². The molecule has 0 aliphatic carbocycles. The summed E-state index contributed by atoms with van der Waals surface area (Å²) in [7, 11) is 0. The summed E-state index contributed by atoms with van der Waals surface area (Å²) in [6, 6.07) is 14.1. The van der Waals surface area contributed by atoms with Crippen LogP contribution in [0.25, 0.3) is 17.3 Å². The highest BCUT2D eigenvalue weighted by Crippen LogP contribution is 2.27. The number of nitro groups is 1. The second-order valence-electron chi connectivity index (χ2n) is 6.23. The van der Waals surface area contributed by atoms with Crippen LogP contribution in [0.2, 0.25) is 0 Å². The number of carbonyl (C=O) groups excluding carboxylic acids is 1. The third-order valence-electron chi connectivity index (χ3n) is 4.08. The number of carbonyl (C=O) groups is 1. The molecule has 3 heterocycles. The van der Waals surface area contributed by atoms with E-state index in [0.717, 1.165) is 33.4 Å². The van der Waals surface area contributed by atoms with Gasteiger partial charge in [-0.1, -0.05) is 11.3 Å². The van der Waals surface area contributed by atoms with E-state index in [9.17, 15) is 14.9 Å². The third-order valence-corrected chi connectivity index (χ3v) is 5.84. The summed E-state index contributed by atoms with van der Waals surface area (Å²) in [4.78, 5) is 31.6. The van der Waals surface area contributed by atoms with Crippen LogP contribution in [-0.2, 0) is 4.79 Å². The van der Waals surface area contributed by atoms with Gasteiger partial charge in [-0.05, 0) is 48.5 Å². The zero-order valence-corrected chi connectivity index (χ0v) is 17.5. The van der Waals surface area contributed by atoms with Crippen LogP contribution in [0.1, 0.15) is 4.88 Å². The number of aromatic nitrogens is 2. The standard InChI is InChI=1S/C21H15N5O3S2/c27-19(7-5-17-6-8-20(31-17)26(28)29)23-15-1-3-16(4-2-15)24-21-25-18(13-30-21)14-9-11-22-12-10-14/h1-13H,(H,23,27)(H,24,25)/b7-5+. The summed E-state index contributed by atoms with van der Waals surface area (Å²) in [5.74, 6) is -0.321. The Bertz CT molecular complexity index is 1230. The molecule has 0 bridgehead atoms. The lowest BCUT2D eigenvalue weighted by atomic mass is 10.2. The van der Waals surface area contributed by atoms with Crippen LogP contribution in [-0.4, -0.2) is 20.8 Å². The fraction of sp³-hybridized carbons (Fsp3) is 0. The van der Waals surface area contributed by atoms with E-state index in [1.807, 2.05) is 29.6 Å². The van der Waals surface area contributed by atoms with Gasteiger partial charge in [-0.2, -0.15) is 0 Å². The Kier molecular flexibility index (Phi) is 6.11. The Morgan fingerprint density at radius 3 is 2.48 bits per heavy atom. The second-order valence-corrected chi connectivity index (χ2v) is 8.18. The highest BCUT2D eigenvalue weighted by atomic mass is 32.1. The van der Waals surface area contributed by atoms with Crippen molar-refractivity contribution in [2.45, 2.75) is 0 Å². The maximum absolute atomic E-state index is 12.1. The van der Waals surface area contributed by atoms with Crippen molar-refractivity contribution < 1.29 is 9.72 Å². The monoisotopic (exact) mass is 449 g/mol. The number of nitrogens with zero attached hydrogens (tertiary/aromatic N) is 3. The number of thiophene rings is 1. The zero-order chi connectivity index (χ0) is 21.6. The molecule has 0 unspecified atom stereocenters. The van der Waals surface area contributed by atoms with Crippen LogP contribution >= 0.6 is 22.7 Å². The van der Waals surface area contributed by atoms with Gasteiger partial charge in [0, 0.05) is 51.7 Å². The molecule has 154 valence electrons. The molecule has 2 N–H and O–H groups in total. The van der Waals surface area contributed by atoms with Gasteiger partial charge in [0.25, 0.3) is 0 Å². The molecule has 0 aliphatic rings. The number of anilines is 3. The molecular formula is C21H15N5O3S2. The minimum Gasteiger partial charge on any atom is -0.332 e. The number of hydrogen-bond acceptors (Lipinski definition) is 8. The summed E-state index contributed by atoms with van der Waals surface area (Å²) < 4.78 is 0. The quantitative estimate of drug-likeness (QED) is 0.217. The van der Waals surface area contributed by atoms with Gasteiger partial charge in [-0.25, -0.2) is 4.98 Å². The largest absolute Gasteiger partial charge is 0.332 e. The molecule has 3 aromatic heterocycles. The van der Waals surface area contributed by atoms with Gasteiger partial charge >= 0.3 is 5.00 Å². The van der Waals surface area contributed by atoms with Crippen molar-refractivity contribution in [3.05, 3.63) is 87.4 Å². The molecule has 1 amide bonds. The molecule has 8 nitrogen and oxygen atoms in total. The van der Waals surface area contributed by atoms with Crippen molar-refractivity contribution in [2.24, 2.45) is 0 Å². The normalized spacial score (nSPS) is 10.8. The summed E-state index contributed by atoms with van der Waals surface area (Å²) in [6.45, 7) is 0. The number of pyridine rings is 1. The Morgan fingerprint density at radius 1 is 1.03 bits per heavy atom. The Hall–Kier alpha value is -3.89. The number of rotatable bonds is 7. The van der Waals surface area contributed by atoms with Crippen molar-refractivity contribution in [2.75, 3.05) is 10.6 Å². The first kappa shape index (κ1) is 20.4. The van der Waals surface area contributed by atoms with Crippen molar-refractivity contribution in [3.63, 3.8) is 0 Å². The predicted octanol–water partition coefficient (Wildman–Crippen LogP) is 5.57. The van der Waals surface area contributed by atoms with E-state index in [1.165, 1.54) is 23.5 Å². The van der Waals surface area contributed by atoms with Crippen LogP contribution < -0.4 is 10.6 Å². The van der Waals surface area contributed by atoms with E-state index < -0.39 is 4.92 Å². The first-order chi connectivity index (χ1) is 15.1. The number of benzene rings is 1. The van der Waals surface area contributed by atoms with Gasteiger partial charge in [0.1, 0.15) is 0 Å². The molecule has 0 saturated heterocycles. The van der Waals surface area contributed by atoms with Gasteiger partial charge in [-0.3, -0.25) is 19.9 Å². The minimum atomic E-state index is -0.455. The molecule has 0 fully saturated rings. The third kappa shape index (κ3) is 5.38. The molecule has 0 atom stereocenters. The smallest absolute Gasteiger partial charge is 0.324 e. The topological polar surface area (TPSA) is 110 Å². The fourth-order valence-electron chi connectivity index (χ4n) is 2.62. The van der Waals surface area contributed by atoms with E-state index in [-0.39, 0.29) is 10.9 Å². The van der Waals surface area contributed by atoms with Gasteiger partial charge in [0.05, 0.1) is 10.6 Å². The number of nitrogens with one attached hydrogen (secondary N) is 2. The summed E-state index contributed by atoms with van der Waals surface area (Å²) in [5, 5.41) is 19.5. The molecule has 0 radical (unpaired) electrons. The van der Waals surface area contributed by atoms with E-state index in [0.29, 0.717) is 10.6 Å². The molecule has 10 heteroatoms. The Labute approximate surface area is 185 Å². The van der Waals surface area contributed by atoms with Crippen molar-refractivity contribution in [1.82, 2.24) is 9.97 Å². The van der Waals surface area contributed by atoms with Crippen LogP contribution in [0.3, 0.4) is 0 Å². The lowest BCUT2D eigenvalue weighted by molar-refractivity contribution is -0.380. The summed E-state index contributed by atoms with van der Waals surface area (Å²) in [6.07, 6.45) is 6.35. The average Bonchev–Trinajstić information content (AvgIpc) is 3.44. The lowest BCUT2D eigenvalue weighted by Gasteiger charge is -2.05. The maximum atomic E-state index is 12.1. The van der Waals surface area contributed by atoms with Crippen molar-refractivity contribution >= 4 is 56.2 Å². The SMILES string of the molecule is O=C(/C=C/c1ccc([N+](=O)[O-])s1)Nc1ccc(Nc2nc(-c3ccncc3)cs2)cc1. The van der Waals surface area contributed by atoms with Crippen LogP contribution in [0, 0.1) is 10.1 Å². The van der Waals surface area contributed by atoms with E-state index >= 15 is 0 Å². The van der Waals surface area contributed by atoms with Crippen LogP contribution in [0.4, 0.5) is 21.5 Å². The molecule has 4 rings (SSSR count). The van der Waals surface area contributed by atoms with Gasteiger partial charge in [0.2, 0.25) is 5.91 Å². The maximum Gasteiger partial charge on any atom is 0.324 e. The minimum absolute atomic E-state index is 0.0382. The van der Waals surface area contributed by atoms with E-state index in [2.05, 4.69) is 20.6 Å². The van der Waals surface area contributed by atoms with E-state index in [4.69, 9.17) is 0 Å². The molecule has 0 spiro atoms. The first-order valence-electron chi connectivity index (χ1n) is 9.03. The lowest BCUT2D eigenvalue weighted by Crippen LogP contribution is -2.07.